The van der Waals surface area contributed by atoms with Gasteiger partial charge in [-0.25, -0.2) is 14.6 Å². The SMILES string of the molecule is O=C(CF)[C@H](CCc1ccccc1)NNC(=O)N1CCOCC1. The Labute approximate surface area is 135 Å². The van der Waals surface area contributed by atoms with E-state index >= 15 is 0 Å². The van der Waals surface area contributed by atoms with Gasteiger partial charge in [-0.1, -0.05) is 30.3 Å². The minimum atomic E-state index is -1.06. The number of hydrogen-bond donors (Lipinski definition) is 2. The van der Waals surface area contributed by atoms with Crippen LogP contribution in [0.5, 0.6) is 0 Å². The largest absolute Gasteiger partial charge is 0.378 e. The van der Waals surface area contributed by atoms with Gasteiger partial charge < -0.3 is 9.64 Å². The molecule has 1 saturated heterocycles. The zero-order valence-electron chi connectivity index (χ0n) is 13.0. The molecule has 1 heterocycles. The molecule has 1 atom stereocenters. The van der Waals surface area contributed by atoms with Gasteiger partial charge in [0.05, 0.1) is 19.3 Å². The van der Waals surface area contributed by atoms with Crippen LogP contribution >= 0.6 is 0 Å². The van der Waals surface area contributed by atoms with Crippen LogP contribution in [0.3, 0.4) is 0 Å². The number of rotatable bonds is 7. The number of aryl methyl sites for hydroxylation is 1. The minimum absolute atomic E-state index is 0.329. The zero-order valence-corrected chi connectivity index (χ0v) is 13.0. The van der Waals surface area contributed by atoms with Gasteiger partial charge in [-0.15, -0.1) is 0 Å². The van der Waals surface area contributed by atoms with Crippen molar-refractivity contribution in [2.75, 3.05) is 33.0 Å². The van der Waals surface area contributed by atoms with E-state index in [2.05, 4.69) is 10.9 Å². The van der Waals surface area contributed by atoms with E-state index in [0.717, 1.165) is 5.56 Å². The number of carbonyl (C=O) groups is 2. The molecule has 126 valence electrons. The first-order chi connectivity index (χ1) is 11.2. The average molecular weight is 323 g/mol. The van der Waals surface area contributed by atoms with Crippen molar-refractivity contribution in [2.45, 2.75) is 18.9 Å². The van der Waals surface area contributed by atoms with Crippen LogP contribution in [0.4, 0.5) is 9.18 Å². The molecule has 23 heavy (non-hydrogen) atoms. The summed E-state index contributed by atoms with van der Waals surface area (Å²) in [5, 5.41) is 0. The van der Waals surface area contributed by atoms with Gasteiger partial charge in [-0.2, -0.15) is 0 Å². The Kier molecular flexibility index (Phi) is 6.96. The third-order valence-corrected chi connectivity index (χ3v) is 3.74. The molecule has 2 amide bonds. The number of ether oxygens (including phenoxy) is 1. The molecule has 2 N–H and O–H groups in total. The molecule has 1 aromatic rings. The molecule has 7 heteroatoms. The standard InChI is InChI=1S/C16H22FN3O3/c17-12-15(21)14(7-6-13-4-2-1-3-5-13)18-19-16(22)20-8-10-23-11-9-20/h1-5,14,18H,6-12H2,(H,19,22)/t14-/m0/s1. The molecule has 0 radical (unpaired) electrons. The molecular weight excluding hydrogens is 301 g/mol. The summed E-state index contributed by atoms with van der Waals surface area (Å²) in [7, 11) is 0. The molecule has 0 aliphatic carbocycles. The quantitative estimate of drug-likeness (QED) is 0.737. The fraction of sp³-hybridized carbons (Fsp3) is 0.500. The first-order valence-electron chi connectivity index (χ1n) is 7.71. The number of halogens is 1. The van der Waals surface area contributed by atoms with E-state index in [1.807, 2.05) is 30.3 Å². The summed E-state index contributed by atoms with van der Waals surface area (Å²) in [6.07, 6.45) is 1.04. The number of alkyl halides is 1. The molecule has 0 bridgehead atoms. The highest BCUT2D eigenvalue weighted by atomic mass is 19.1. The molecule has 0 saturated carbocycles. The van der Waals surface area contributed by atoms with Crippen molar-refractivity contribution in [3.63, 3.8) is 0 Å². The number of benzene rings is 1. The molecule has 0 spiro atoms. The maximum Gasteiger partial charge on any atom is 0.331 e. The van der Waals surface area contributed by atoms with Crippen LogP contribution < -0.4 is 10.9 Å². The fourth-order valence-electron chi connectivity index (χ4n) is 2.36. The highest BCUT2D eigenvalue weighted by Crippen LogP contribution is 2.06. The second-order valence-corrected chi connectivity index (χ2v) is 5.35. The van der Waals surface area contributed by atoms with Crippen molar-refractivity contribution in [1.29, 1.82) is 0 Å². The Balaban J connectivity index is 1.83. The first kappa shape index (κ1) is 17.4. The molecule has 1 aliphatic rings. The maximum absolute atomic E-state index is 12.7. The number of ketones is 1. The number of hydrazine groups is 1. The lowest BCUT2D eigenvalue weighted by atomic mass is 10.0. The number of carbonyl (C=O) groups excluding carboxylic acids is 2. The van der Waals surface area contributed by atoms with Crippen molar-refractivity contribution in [2.24, 2.45) is 0 Å². The van der Waals surface area contributed by atoms with Gasteiger partial charge >= 0.3 is 6.03 Å². The molecule has 1 fully saturated rings. The van der Waals surface area contributed by atoms with Crippen LogP contribution in [0.2, 0.25) is 0 Å². The van der Waals surface area contributed by atoms with Crippen LogP contribution in [-0.2, 0) is 16.0 Å². The number of urea groups is 1. The van der Waals surface area contributed by atoms with Gasteiger partial charge in [0.2, 0.25) is 0 Å². The van der Waals surface area contributed by atoms with Crippen LogP contribution in [0, 0.1) is 0 Å². The van der Waals surface area contributed by atoms with Crippen molar-refractivity contribution in [3.05, 3.63) is 35.9 Å². The Morgan fingerprint density at radius 2 is 1.91 bits per heavy atom. The zero-order chi connectivity index (χ0) is 16.5. The number of amides is 2. The Hall–Kier alpha value is -1.99. The Bertz CT molecular complexity index is 507. The summed E-state index contributed by atoms with van der Waals surface area (Å²) in [5.74, 6) is -0.566. The maximum atomic E-state index is 12.7. The highest BCUT2D eigenvalue weighted by Gasteiger charge is 2.21. The van der Waals surface area contributed by atoms with Crippen molar-refractivity contribution >= 4 is 11.8 Å². The van der Waals surface area contributed by atoms with E-state index in [4.69, 9.17) is 4.74 Å². The summed E-state index contributed by atoms with van der Waals surface area (Å²) in [4.78, 5) is 25.3. The summed E-state index contributed by atoms with van der Waals surface area (Å²) < 4.78 is 17.9. The number of nitrogens with zero attached hydrogens (tertiary/aromatic N) is 1. The number of hydrogen-bond acceptors (Lipinski definition) is 4. The van der Waals surface area contributed by atoms with Gasteiger partial charge in [0.15, 0.2) is 5.78 Å². The van der Waals surface area contributed by atoms with Gasteiger partial charge in [-0.3, -0.25) is 10.2 Å². The third-order valence-electron chi connectivity index (χ3n) is 3.74. The van der Waals surface area contributed by atoms with Crippen molar-refractivity contribution in [1.82, 2.24) is 15.8 Å². The average Bonchev–Trinajstić information content (AvgIpc) is 2.62. The Morgan fingerprint density at radius 3 is 2.57 bits per heavy atom. The van der Waals surface area contributed by atoms with Gasteiger partial charge in [0.25, 0.3) is 0 Å². The lowest BCUT2D eigenvalue weighted by molar-refractivity contribution is -0.122. The van der Waals surface area contributed by atoms with Crippen LogP contribution in [0.25, 0.3) is 0 Å². The van der Waals surface area contributed by atoms with E-state index in [-0.39, 0.29) is 6.03 Å². The highest BCUT2D eigenvalue weighted by molar-refractivity contribution is 5.85. The van der Waals surface area contributed by atoms with Crippen LogP contribution in [0.15, 0.2) is 30.3 Å². The molecule has 2 rings (SSSR count). The first-order valence-corrected chi connectivity index (χ1v) is 7.71. The second-order valence-electron chi connectivity index (χ2n) is 5.35. The fourth-order valence-corrected chi connectivity index (χ4v) is 2.36. The van der Waals surface area contributed by atoms with Gasteiger partial charge in [0.1, 0.15) is 6.67 Å². The van der Waals surface area contributed by atoms with E-state index < -0.39 is 18.5 Å². The minimum Gasteiger partial charge on any atom is -0.378 e. The number of morpholine rings is 1. The topological polar surface area (TPSA) is 70.7 Å². The monoisotopic (exact) mass is 323 g/mol. The Morgan fingerprint density at radius 1 is 1.22 bits per heavy atom. The van der Waals surface area contributed by atoms with Crippen molar-refractivity contribution < 1.29 is 18.7 Å². The summed E-state index contributed by atoms with van der Waals surface area (Å²) in [6, 6.07) is 8.56. The lowest BCUT2D eigenvalue weighted by Gasteiger charge is -2.28. The molecule has 0 aromatic heterocycles. The van der Waals surface area contributed by atoms with Gasteiger partial charge in [0, 0.05) is 13.1 Å². The molecular formula is C16H22FN3O3. The van der Waals surface area contributed by atoms with E-state index in [0.29, 0.717) is 39.1 Å². The van der Waals surface area contributed by atoms with Crippen molar-refractivity contribution in [3.8, 4) is 0 Å². The predicted octanol–water partition coefficient (Wildman–Crippen LogP) is 1.07. The third kappa shape index (κ3) is 5.61. The van der Waals surface area contributed by atoms with Gasteiger partial charge in [-0.05, 0) is 18.4 Å². The second kappa shape index (κ2) is 9.22. The summed E-state index contributed by atoms with van der Waals surface area (Å²) in [6.45, 7) is 0.931. The molecule has 6 nitrogen and oxygen atoms in total. The summed E-state index contributed by atoms with van der Waals surface area (Å²) in [5.41, 5.74) is 6.22. The normalized spacial score (nSPS) is 16.0. The van der Waals surface area contributed by atoms with Crippen LogP contribution in [-0.4, -0.2) is 55.7 Å². The number of Topliss-reactive ketones (excluding diaryl/α,β-unsaturated/α-hetero) is 1. The molecule has 0 unspecified atom stereocenters. The van der Waals surface area contributed by atoms with E-state index in [9.17, 15) is 14.0 Å². The lowest BCUT2D eigenvalue weighted by Crippen LogP contribution is -2.55. The van der Waals surface area contributed by atoms with Crippen LogP contribution in [0.1, 0.15) is 12.0 Å². The summed E-state index contributed by atoms with van der Waals surface area (Å²) >= 11 is 0. The smallest absolute Gasteiger partial charge is 0.331 e. The molecule has 1 aliphatic heterocycles. The molecule has 1 aromatic carbocycles. The number of nitrogens with one attached hydrogen (secondary N) is 2. The van der Waals surface area contributed by atoms with E-state index in [1.165, 1.54) is 0 Å². The van der Waals surface area contributed by atoms with E-state index in [1.54, 1.807) is 4.90 Å². The predicted molar refractivity (Wildman–Crippen MR) is 83.6 cm³/mol.